The summed E-state index contributed by atoms with van der Waals surface area (Å²) in [7, 11) is 2.16. The van der Waals surface area contributed by atoms with E-state index in [4.69, 9.17) is 5.10 Å². The van der Waals surface area contributed by atoms with Gasteiger partial charge in [-0.1, -0.05) is 0 Å². The zero-order valence-corrected chi connectivity index (χ0v) is 12.5. The summed E-state index contributed by atoms with van der Waals surface area (Å²) < 4.78 is 2.20. The fraction of sp³-hybridized carbons (Fsp3) is 0.824. The number of fused-ring (bicyclic) bond motifs is 1. The smallest absolute Gasteiger partial charge is 0.0734 e. The monoisotopic (exact) mass is 271 g/mol. The maximum absolute atomic E-state index is 5.06. The van der Waals surface area contributed by atoms with Crippen molar-refractivity contribution in [2.75, 3.05) is 6.54 Å². The van der Waals surface area contributed by atoms with Crippen LogP contribution < -0.4 is 5.32 Å². The van der Waals surface area contributed by atoms with Crippen LogP contribution in [0, 0.1) is 17.8 Å². The number of nitrogens with one attached hydrogen (secondary N) is 1. The molecule has 0 aromatic carbocycles. The molecular weight excluding hydrogens is 246 g/mol. The molecule has 1 aromatic heterocycles. The SMILES string of the molecule is Cn1nc(C23CC4CC(CC(C4)C2)C3)c2c1CCNC2. The number of hydrogen-bond acceptors (Lipinski definition) is 2. The number of hydrogen-bond donors (Lipinski definition) is 1. The molecule has 0 atom stereocenters. The fourth-order valence-electron chi connectivity index (χ4n) is 6.35. The highest BCUT2D eigenvalue weighted by atomic mass is 15.3. The van der Waals surface area contributed by atoms with Crippen LogP contribution in [0.1, 0.15) is 55.5 Å². The van der Waals surface area contributed by atoms with Crippen LogP contribution in [0.25, 0.3) is 0 Å². The third kappa shape index (κ3) is 1.47. The lowest BCUT2D eigenvalue weighted by atomic mass is 9.48. The predicted octanol–water partition coefficient (Wildman–Crippen LogP) is 2.53. The number of rotatable bonds is 1. The Morgan fingerprint density at radius 3 is 2.40 bits per heavy atom. The van der Waals surface area contributed by atoms with Gasteiger partial charge in [-0.15, -0.1) is 0 Å². The highest BCUT2D eigenvalue weighted by molar-refractivity contribution is 5.36. The van der Waals surface area contributed by atoms with Crippen molar-refractivity contribution in [2.24, 2.45) is 24.8 Å². The molecule has 4 fully saturated rings. The Labute approximate surface area is 121 Å². The second kappa shape index (κ2) is 3.88. The van der Waals surface area contributed by atoms with Crippen molar-refractivity contribution in [3.63, 3.8) is 0 Å². The van der Waals surface area contributed by atoms with Gasteiger partial charge in [-0.3, -0.25) is 4.68 Å². The van der Waals surface area contributed by atoms with Gasteiger partial charge >= 0.3 is 0 Å². The largest absolute Gasteiger partial charge is 0.312 e. The van der Waals surface area contributed by atoms with Crippen molar-refractivity contribution in [3.8, 4) is 0 Å². The third-order valence-corrected chi connectivity index (χ3v) is 6.66. The molecular formula is C17H25N3. The molecule has 0 saturated heterocycles. The maximum atomic E-state index is 5.06. The Hall–Kier alpha value is -0.830. The highest BCUT2D eigenvalue weighted by Gasteiger charge is 2.53. The van der Waals surface area contributed by atoms with Crippen LogP contribution in [0.3, 0.4) is 0 Å². The summed E-state index contributed by atoms with van der Waals surface area (Å²) in [6, 6.07) is 0. The second-order valence-corrected chi connectivity index (χ2v) is 8.02. The van der Waals surface area contributed by atoms with E-state index in [9.17, 15) is 0 Å². The van der Waals surface area contributed by atoms with Gasteiger partial charge in [0.1, 0.15) is 0 Å². The minimum atomic E-state index is 0.457. The van der Waals surface area contributed by atoms with Crippen LogP contribution in [-0.2, 0) is 25.4 Å². The average molecular weight is 271 g/mol. The van der Waals surface area contributed by atoms with Crippen LogP contribution in [0.2, 0.25) is 0 Å². The Balaban J connectivity index is 1.63. The molecule has 1 N–H and O–H groups in total. The second-order valence-electron chi connectivity index (χ2n) is 8.02. The zero-order chi connectivity index (χ0) is 13.3. The van der Waals surface area contributed by atoms with Gasteiger partial charge in [0, 0.05) is 43.2 Å². The Kier molecular flexibility index (Phi) is 2.29. The molecule has 0 unspecified atom stereocenters. The molecule has 108 valence electrons. The summed E-state index contributed by atoms with van der Waals surface area (Å²) in [5.41, 5.74) is 5.04. The molecule has 1 aliphatic heterocycles. The Bertz CT molecular complexity index is 522. The zero-order valence-electron chi connectivity index (χ0n) is 12.5. The van der Waals surface area contributed by atoms with Gasteiger partial charge in [0.15, 0.2) is 0 Å². The molecule has 6 rings (SSSR count). The van der Waals surface area contributed by atoms with Crippen molar-refractivity contribution in [3.05, 3.63) is 17.0 Å². The molecule has 1 aromatic rings. The van der Waals surface area contributed by atoms with E-state index in [-0.39, 0.29) is 0 Å². The first-order valence-electron chi connectivity index (χ1n) is 8.49. The van der Waals surface area contributed by atoms with Gasteiger partial charge < -0.3 is 5.32 Å². The van der Waals surface area contributed by atoms with Gasteiger partial charge in [-0.05, 0) is 56.3 Å². The van der Waals surface area contributed by atoms with Crippen molar-refractivity contribution in [1.82, 2.24) is 15.1 Å². The Morgan fingerprint density at radius 2 is 1.75 bits per heavy atom. The lowest BCUT2D eigenvalue weighted by Gasteiger charge is -2.56. The molecule has 0 spiro atoms. The predicted molar refractivity (Wildman–Crippen MR) is 78.5 cm³/mol. The van der Waals surface area contributed by atoms with Gasteiger partial charge in [0.25, 0.3) is 0 Å². The fourth-order valence-corrected chi connectivity index (χ4v) is 6.35. The molecule has 3 heteroatoms. The topological polar surface area (TPSA) is 29.9 Å². The summed E-state index contributed by atoms with van der Waals surface area (Å²) >= 11 is 0. The molecule has 4 aliphatic carbocycles. The standard InChI is InChI=1S/C17H25N3/c1-20-15-2-3-18-10-14(15)16(19-20)17-7-11-4-12(8-17)6-13(5-11)9-17/h11-13,18H,2-10H2,1H3. The van der Waals surface area contributed by atoms with Crippen molar-refractivity contribution < 1.29 is 0 Å². The highest BCUT2D eigenvalue weighted by Crippen LogP contribution is 2.61. The molecule has 2 heterocycles. The molecule has 5 aliphatic rings. The van der Waals surface area contributed by atoms with E-state index in [0.29, 0.717) is 5.41 Å². The lowest BCUT2D eigenvalue weighted by Crippen LogP contribution is -2.49. The van der Waals surface area contributed by atoms with Crippen molar-refractivity contribution in [1.29, 1.82) is 0 Å². The van der Waals surface area contributed by atoms with E-state index in [1.165, 1.54) is 49.9 Å². The van der Waals surface area contributed by atoms with Crippen molar-refractivity contribution in [2.45, 2.75) is 56.9 Å². The number of aromatic nitrogens is 2. The van der Waals surface area contributed by atoms with Crippen molar-refractivity contribution >= 4 is 0 Å². The summed E-state index contributed by atoms with van der Waals surface area (Å²) in [4.78, 5) is 0. The number of aryl methyl sites for hydroxylation is 1. The van der Waals surface area contributed by atoms with Crippen LogP contribution >= 0.6 is 0 Å². The van der Waals surface area contributed by atoms with Crippen LogP contribution in [-0.4, -0.2) is 16.3 Å². The van der Waals surface area contributed by atoms with E-state index in [1.54, 1.807) is 5.56 Å². The minimum Gasteiger partial charge on any atom is -0.312 e. The summed E-state index contributed by atoms with van der Waals surface area (Å²) in [6.45, 7) is 2.17. The maximum Gasteiger partial charge on any atom is 0.0734 e. The van der Waals surface area contributed by atoms with E-state index in [0.717, 1.165) is 37.3 Å². The van der Waals surface area contributed by atoms with E-state index >= 15 is 0 Å². The van der Waals surface area contributed by atoms with Gasteiger partial charge in [-0.25, -0.2) is 0 Å². The quantitative estimate of drug-likeness (QED) is 0.850. The van der Waals surface area contributed by atoms with E-state index < -0.39 is 0 Å². The number of nitrogens with zero attached hydrogens (tertiary/aromatic N) is 2. The average Bonchev–Trinajstić information content (AvgIpc) is 2.76. The molecule has 20 heavy (non-hydrogen) atoms. The van der Waals surface area contributed by atoms with Gasteiger partial charge in [0.2, 0.25) is 0 Å². The first-order valence-corrected chi connectivity index (χ1v) is 8.49. The van der Waals surface area contributed by atoms with E-state index in [2.05, 4.69) is 17.0 Å². The molecule has 0 radical (unpaired) electrons. The summed E-state index contributed by atoms with van der Waals surface area (Å²) in [5, 5.41) is 8.63. The first-order chi connectivity index (χ1) is 9.73. The first kappa shape index (κ1) is 11.8. The summed E-state index contributed by atoms with van der Waals surface area (Å²) in [6.07, 6.45) is 10.0. The Morgan fingerprint density at radius 1 is 1.10 bits per heavy atom. The third-order valence-electron chi connectivity index (χ3n) is 6.66. The van der Waals surface area contributed by atoms with Gasteiger partial charge in [-0.2, -0.15) is 5.10 Å². The molecule has 0 amide bonds. The van der Waals surface area contributed by atoms with Crippen LogP contribution in [0.15, 0.2) is 0 Å². The molecule has 4 saturated carbocycles. The molecule has 4 bridgehead atoms. The van der Waals surface area contributed by atoms with E-state index in [1.807, 2.05) is 0 Å². The lowest BCUT2D eigenvalue weighted by molar-refractivity contribution is -0.00786. The normalized spacial score (nSPS) is 42.0. The van der Waals surface area contributed by atoms with Crippen LogP contribution in [0.4, 0.5) is 0 Å². The minimum absolute atomic E-state index is 0.457. The summed E-state index contributed by atoms with van der Waals surface area (Å²) in [5.74, 6) is 3.03. The molecule has 3 nitrogen and oxygen atoms in total. The van der Waals surface area contributed by atoms with Gasteiger partial charge in [0.05, 0.1) is 5.69 Å². The van der Waals surface area contributed by atoms with Crippen LogP contribution in [0.5, 0.6) is 0 Å².